The van der Waals surface area contributed by atoms with Gasteiger partial charge in [0.25, 0.3) is 0 Å². The number of anilines is 1. The third-order valence-corrected chi connectivity index (χ3v) is 3.00. The summed E-state index contributed by atoms with van der Waals surface area (Å²) in [5.74, 6) is 0.914. The van der Waals surface area contributed by atoms with E-state index in [1.165, 1.54) is 0 Å². The minimum atomic E-state index is -0.200. The normalized spacial score (nSPS) is 10.3. The molecule has 0 amide bonds. The molecule has 0 N–H and O–H groups in total. The Hall–Kier alpha value is -0.930. The molecule has 19 heavy (non-hydrogen) atoms. The Labute approximate surface area is 124 Å². The molecule has 5 heteroatoms. The first-order valence-electron chi connectivity index (χ1n) is 6.32. The molecule has 0 saturated carbocycles. The van der Waals surface area contributed by atoms with Crippen molar-refractivity contribution in [2.24, 2.45) is 0 Å². The van der Waals surface area contributed by atoms with E-state index in [1.54, 1.807) is 6.92 Å². The summed E-state index contributed by atoms with van der Waals surface area (Å²) in [7, 11) is 0. The molecular formula is C14H19Cl2NO2. The molecule has 0 aliphatic rings. The summed E-state index contributed by atoms with van der Waals surface area (Å²) in [4.78, 5) is 13.5. The van der Waals surface area contributed by atoms with E-state index >= 15 is 0 Å². The Balaban J connectivity index is 2.65. The van der Waals surface area contributed by atoms with Gasteiger partial charge >= 0.3 is 5.97 Å². The first-order chi connectivity index (χ1) is 9.21. The van der Waals surface area contributed by atoms with Crippen LogP contribution >= 0.6 is 23.2 Å². The third kappa shape index (κ3) is 5.70. The summed E-state index contributed by atoms with van der Waals surface area (Å²) in [5.41, 5.74) is 2.01. The molecule has 0 aromatic heterocycles. The molecule has 0 spiro atoms. The second-order valence-electron chi connectivity index (χ2n) is 4.01. The topological polar surface area (TPSA) is 29.5 Å². The van der Waals surface area contributed by atoms with Crippen LogP contribution in [-0.4, -0.2) is 37.4 Å². The fraction of sp³-hybridized carbons (Fsp3) is 0.500. The van der Waals surface area contributed by atoms with Crippen LogP contribution in [0.1, 0.15) is 12.5 Å². The van der Waals surface area contributed by atoms with Crippen molar-refractivity contribution in [3.8, 4) is 0 Å². The summed E-state index contributed by atoms with van der Waals surface area (Å²) in [6.45, 7) is 3.73. The average molecular weight is 304 g/mol. The maximum Gasteiger partial charge on any atom is 0.310 e. The van der Waals surface area contributed by atoms with Crippen LogP contribution in [0.15, 0.2) is 24.3 Å². The summed E-state index contributed by atoms with van der Waals surface area (Å²) in [5, 5.41) is 0. The molecule has 0 atom stereocenters. The fourth-order valence-electron chi connectivity index (χ4n) is 1.78. The largest absolute Gasteiger partial charge is 0.466 e. The van der Waals surface area contributed by atoms with Gasteiger partial charge in [0.2, 0.25) is 0 Å². The number of nitrogens with zero attached hydrogens (tertiary/aromatic N) is 1. The smallest absolute Gasteiger partial charge is 0.310 e. The van der Waals surface area contributed by atoms with Crippen LogP contribution < -0.4 is 4.90 Å². The molecule has 3 nitrogen and oxygen atoms in total. The second kappa shape index (κ2) is 9.05. The highest BCUT2D eigenvalue weighted by Crippen LogP contribution is 2.16. The van der Waals surface area contributed by atoms with E-state index < -0.39 is 0 Å². The van der Waals surface area contributed by atoms with Crippen molar-refractivity contribution in [3.05, 3.63) is 29.8 Å². The van der Waals surface area contributed by atoms with E-state index in [0.29, 0.717) is 24.8 Å². The molecule has 106 valence electrons. The van der Waals surface area contributed by atoms with Crippen molar-refractivity contribution in [1.29, 1.82) is 0 Å². The highest BCUT2D eigenvalue weighted by atomic mass is 35.5. The molecule has 0 unspecified atom stereocenters. The average Bonchev–Trinajstić information content (AvgIpc) is 2.40. The van der Waals surface area contributed by atoms with Crippen LogP contribution in [0.2, 0.25) is 0 Å². The Morgan fingerprint density at radius 1 is 1.16 bits per heavy atom. The number of hydrogen-bond acceptors (Lipinski definition) is 3. The molecule has 1 aromatic rings. The lowest BCUT2D eigenvalue weighted by atomic mass is 10.1. The van der Waals surface area contributed by atoms with E-state index in [9.17, 15) is 4.79 Å². The van der Waals surface area contributed by atoms with E-state index in [0.717, 1.165) is 24.3 Å². The summed E-state index contributed by atoms with van der Waals surface area (Å²) in [6.07, 6.45) is 0.305. The number of alkyl halides is 2. The highest BCUT2D eigenvalue weighted by molar-refractivity contribution is 6.18. The maximum atomic E-state index is 11.4. The van der Waals surface area contributed by atoms with Gasteiger partial charge in [0.15, 0.2) is 0 Å². The van der Waals surface area contributed by atoms with Crippen molar-refractivity contribution >= 4 is 34.9 Å². The van der Waals surface area contributed by atoms with Gasteiger partial charge in [0, 0.05) is 30.5 Å². The Bertz CT molecular complexity index is 376. The van der Waals surface area contributed by atoms with Crippen molar-refractivity contribution in [1.82, 2.24) is 0 Å². The van der Waals surface area contributed by atoms with Crippen LogP contribution in [-0.2, 0) is 16.0 Å². The zero-order valence-corrected chi connectivity index (χ0v) is 12.6. The van der Waals surface area contributed by atoms with Gasteiger partial charge in [-0.1, -0.05) is 12.1 Å². The van der Waals surface area contributed by atoms with Gasteiger partial charge in [-0.3, -0.25) is 4.79 Å². The molecule has 0 bridgehead atoms. The fourth-order valence-corrected chi connectivity index (χ4v) is 2.19. The molecule has 0 heterocycles. The van der Waals surface area contributed by atoms with Crippen molar-refractivity contribution < 1.29 is 9.53 Å². The van der Waals surface area contributed by atoms with E-state index in [1.807, 2.05) is 24.3 Å². The van der Waals surface area contributed by atoms with Crippen molar-refractivity contribution in [2.75, 3.05) is 36.4 Å². The zero-order valence-electron chi connectivity index (χ0n) is 11.1. The second-order valence-corrected chi connectivity index (χ2v) is 4.77. The number of halogens is 2. The molecule has 1 aromatic carbocycles. The Kier molecular flexibility index (Phi) is 7.68. The minimum Gasteiger partial charge on any atom is -0.466 e. The highest BCUT2D eigenvalue weighted by Gasteiger charge is 2.07. The summed E-state index contributed by atoms with van der Waals surface area (Å²) < 4.78 is 4.92. The van der Waals surface area contributed by atoms with Crippen LogP contribution in [0.5, 0.6) is 0 Å². The van der Waals surface area contributed by atoms with Crippen LogP contribution in [0, 0.1) is 0 Å². The van der Waals surface area contributed by atoms with Crippen molar-refractivity contribution in [3.63, 3.8) is 0 Å². The van der Waals surface area contributed by atoms with Crippen LogP contribution in [0.25, 0.3) is 0 Å². The number of carbonyl (C=O) groups is 1. The van der Waals surface area contributed by atoms with Gasteiger partial charge in [0.1, 0.15) is 0 Å². The molecule has 0 aliphatic heterocycles. The predicted molar refractivity (Wildman–Crippen MR) is 80.4 cm³/mol. The standard InChI is InChI=1S/C14H19Cl2NO2/c1-2-19-14(18)11-12-3-5-13(6-4-12)17(9-7-15)10-8-16/h3-6H,2,7-11H2,1H3. The number of ether oxygens (including phenoxy) is 1. The quantitative estimate of drug-likeness (QED) is 0.546. The van der Waals surface area contributed by atoms with E-state index in [-0.39, 0.29) is 5.97 Å². The molecular weight excluding hydrogens is 285 g/mol. The number of benzene rings is 1. The summed E-state index contributed by atoms with van der Waals surface area (Å²) in [6, 6.07) is 7.82. The lowest BCUT2D eigenvalue weighted by Crippen LogP contribution is -2.27. The number of carbonyl (C=O) groups excluding carboxylic acids is 1. The first kappa shape index (κ1) is 16.1. The number of rotatable bonds is 8. The molecule has 0 saturated heterocycles. The van der Waals surface area contributed by atoms with Gasteiger partial charge in [-0.05, 0) is 24.6 Å². The first-order valence-corrected chi connectivity index (χ1v) is 7.39. The predicted octanol–water partition coefficient (Wildman–Crippen LogP) is 3.08. The summed E-state index contributed by atoms with van der Waals surface area (Å²) >= 11 is 11.5. The van der Waals surface area contributed by atoms with E-state index in [2.05, 4.69) is 4.90 Å². The molecule has 0 radical (unpaired) electrons. The molecule has 0 aliphatic carbocycles. The lowest BCUT2D eigenvalue weighted by molar-refractivity contribution is -0.142. The number of esters is 1. The minimum absolute atomic E-state index is 0.200. The van der Waals surface area contributed by atoms with Crippen LogP contribution in [0.4, 0.5) is 5.69 Å². The zero-order chi connectivity index (χ0) is 14.1. The third-order valence-electron chi connectivity index (χ3n) is 2.66. The lowest BCUT2D eigenvalue weighted by Gasteiger charge is -2.23. The maximum absolute atomic E-state index is 11.4. The van der Waals surface area contributed by atoms with E-state index in [4.69, 9.17) is 27.9 Å². The van der Waals surface area contributed by atoms with Gasteiger partial charge in [-0.15, -0.1) is 23.2 Å². The van der Waals surface area contributed by atoms with Crippen LogP contribution in [0.3, 0.4) is 0 Å². The monoisotopic (exact) mass is 303 g/mol. The Morgan fingerprint density at radius 3 is 2.21 bits per heavy atom. The number of hydrogen-bond donors (Lipinski definition) is 0. The SMILES string of the molecule is CCOC(=O)Cc1ccc(N(CCCl)CCCl)cc1. The van der Waals surface area contributed by atoms with Gasteiger partial charge in [-0.2, -0.15) is 0 Å². The molecule has 1 rings (SSSR count). The Morgan fingerprint density at radius 2 is 1.74 bits per heavy atom. The van der Waals surface area contributed by atoms with Gasteiger partial charge in [-0.25, -0.2) is 0 Å². The molecule has 0 fully saturated rings. The van der Waals surface area contributed by atoms with Crippen molar-refractivity contribution in [2.45, 2.75) is 13.3 Å². The van der Waals surface area contributed by atoms with Gasteiger partial charge < -0.3 is 9.64 Å². The van der Waals surface area contributed by atoms with Gasteiger partial charge in [0.05, 0.1) is 13.0 Å².